The maximum Gasteiger partial charge on any atom is 0.231 e. The number of carbonyl (C=O) groups excluding carboxylic acids is 1. The van der Waals surface area contributed by atoms with E-state index in [-0.39, 0.29) is 5.92 Å². The SMILES string of the molecule is CCCCN(C(=O)C1C=C2c3cccc4[nH]cc(c34)CC2N(C)C1)C(C)CC. The molecule has 4 rings (SSSR count). The molecule has 1 aliphatic carbocycles. The van der Waals surface area contributed by atoms with Gasteiger partial charge >= 0.3 is 0 Å². The minimum absolute atomic E-state index is 0.0575. The molecule has 1 amide bonds. The van der Waals surface area contributed by atoms with E-state index >= 15 is 0 Å². The van der Waals surface area contributed by atoms with Crippen LogP contribution in [0.25, 0.3) is 16.5 Å². The lowest BCUT2D eigenvalue weighted by atomic mass is 9.79. The van der Waals surface area contributed by atoms with Crippen LogP contribution in [0.1, 0.15) is 51.2 Å². The number of nitrogens with one attached hydrogen (secondary N) is 1. The number of carbonyl (C=O) groups is 1. The van der Waals surface area contributed by atoms with Gasteiger partial charge < -0.3 is 9.88 Å². The Balaban J connectivity index is 1.70. The van der Waals surface area contributed by atoms with Crippen LogP contribution in [0.4, 0.5) is 0 Å². The number of hydrogen-bond donors (Lipinski definition) is 1. The van der Waals surface area contributed by atoms with E-state index in [2.05, 4.69) is 73.1 Å². The third kappa shape index (κ3) is 3.18. The van der Waals surface area contributed by atoms with E-state index in [1.807, 2.05) is 0 Å². The molecule has 1 aliphatic heterocycles. The predicted molar refractivity (Wildman–Crippen MR) is 116 cm³/mol. The highest BCUT2D eigenvalue weighted by atomic mass is 16.2. The summed E-state index contributed by atoms with van der Waals surface area (Å²) in [4.78, 5) is 21.5. The number of rotatable bonds is 6. The average Bonchev–Trinajstić information content (AvgIpc) is 3.13. The number of benzene rings is 1. The first-order valence-electron chi connectivity index (χ1n) is 10.9. The van der Waals surface area contributed by atoms with E-state index in [9.17, 15) is 4.79 Å². The average molecular weight is 380 g/mol. The minimum Gasteiger partial charge on any atom is -0.361 e. The molecule has 0 saturated carbocycles. The van der Waals surface area contributed by atoms with Crippen molar-refractivity contribution < 1.29 is 4.79 Å². The van der Waals surface area contributed by atoms with Crippen LogP contribution >= 0.6 is 0 Å². The number of hydrogen-bond acceptors (Lipinski definition) is 2. The van der Waals surface area contributed by atoms with Crippen LogP contribution in [0.3, 0.4) is 0 Å². The van der Waals surface area contributed by atoms with E-state index in [0.29, 0.717) is 18.0 Å². The fraction of sp³-hybridized carbons (Fsp3) is 0.542. The molecule has 4 nitrogen and oxygen atoms in total. The van der Waals surface area contributed by atoms with Gasteiger partial charge in [-0.15, -0.1) is 0 Å². The molecular weight excluding hydrogens is 346 g/mol. The molecule has 3 unspecified atom stereocenters. The predicted octanol–water partition coefficient (Wildman–Crippen LogP) is 4.46. The quantitative estimate of drug-likeness (QED) is 0.805. The minimum atomic E-state index is -0.0575. The van der Waals surface area contributed by atoms with Gasteiger partial charge in [-0.05, 0) is 56.0 Å². The molecule has 0 spiro atoms. The zero-order chi connectivity index (χ0) is 19.8. The molecule has 0 radical (unpaired) electrons. The van der Waals surface area contributed by atoms with Crippen LogP contribution < -0.4 is 0 Å². The highest BCUT2D eigenvalue weighted by Crippen LogP contribution is 2.41. The fourth-order valence-electron chi connectivity index (χ4n) is 4.91. The van der Waals surface area contributed by atoms with E-state index in [1.54, 1.807) is 0 Å². The zero-order valence-electron chi connectivity index (χ0n) is 17.7. The summed E-state index contributed by atoms with van der Waals surface area (Å²) in [7, 11) is 2.18. The van der Waals surface area contributed by atoms with Crippen molar-refractivity contribution in [3.8, 4) is 0 Å². The number of likely N-dealkylation sites (N-methyl/N-ethyl adjacent to an activating group) is 1. The second kappa shape index (κ2) is 7.75. The van der Waals surface area contributed by atoms with Gasteiger partial charge in [0.1, 0.15) is 0 Å². The summed E-state index contributed by atoms with van der Waals surface area (Å²) in [5.41, 5.74) is 5.24. The number of fused-ring (bicyclic) bond motifs is 2. The molecule has 2 aliphatic rings. The molecule has 28 heavy (non-hydrogen) atoms. The number of H-pyrrole nitrogens is 1. The topological polar surface area (TPSA) is 39.3 Å². The molecule has 150 valence electrons. The first kappa shape index (κ1) is 19.3. The highest BCUT2D eigenvalue weighted by Gasteiger charge is 2.37. The van der Waals surface area contributed by atoms with Gasteiger partial charge in [0, 0.05) is 42.3 Å². The first-order valence-corrected chi connectivity index (χ1v) is 10.9. The van der Waals surface area contributed by atoms with Crippen molar-refractivity contribution in [3.63, 3.8) is 0 Å². The van der Waals surface area contributed by atoms with Crippen molar-refractivity contribution in [3.05, 3.63) is 41.6 Å². The van der Waals surface area contributed by atoms with Crippen LogP contribution in [0.15, 0.2) is 30.5 Å². The third-order valence-electron chi connectivity index (χ3n) is 6.74. The number of nitrogens with zero attached hydrogens (tertiary/aromatic N) is 2. The molecule has 2 aromatic rings. The number of unbranched alkanes of at least 4 members (excludes halogenated alkanes) is 1. The Kier molecular flexibility index (Phi) is 5.33. The monoisotopic (exact) mass is 379 g/mol. The molecule has 0 saturated heterocycles. The van der Waals surface area contributed by atoms with E-state index in [4.69, 9.17) is 0 Å². The van der Waals surface area contributed by atoms with Crippen LogP contribution in [0.5, 0.6) is 0 Å². The second-order valence-electron chi connectivity index (χ2n) is 8.57. The van der Waals surface area contributed by atoms with E-state index in [1.165, 1.54) is 27.6 Å². The summed E-state index contributed by atoms with van der Waals surface area (Å²) in [6.07, 6.45) is 8.66. The molecule has 1 aromatic heterocycles. The van der Waals surface area contributed by atoms with Gasteiger partial charge in [-0.3, -0.25) is 9.69 Å². The Morgan fingerprint density at radius 2 is 2.18 bits per heavy atom. The number of amides is 1. The zero-order valence-corrected chi connectivity index (χ0v) is 17.7. The van der Waals surface area contributed by atoms with Gasteiger partial charge in [-0.2, -0.15) is 0 Å². The van der Waals surface area contributed by atoms with Crippen LogP contribution in [0.2, 0.25) is 0 Å². The largest absolute Gasteiger partial charge is 0.361 e. The molecule has 1 aromatic carbocycles. The molecule has 4 heteroatoms. The Hall–Kier alpha value is -2.07. The Morgan fingerprint density at radius 3 is 2.93 bits per heavy atom. The van der Waals surface area contributed by atoms with Gasteiger partial charge in [0.05, 0.1) is 5.92 Å². The van der Waals surface area contributed by atoms with Gasteiger partial charge in [0.15, 0.2) is 0 Å². The van der Waals surface area contributed by atoms with Crippen molar-refractivity contribution >= 4 is 22.4 Å². The molecule has 3 atom stereocenters. The van der Waals surface area contributed by atoms with Crippen LogP contribution in [-0.2, 0) is 11.2 Å². The highest BCUT2D eigenvalue weighted by molar-refractivity contribution is 5.99. The van der Waals surface area contributed by atoms with Gasteiger partial charge in [-0.25, -0.2) is 0 Å². The first-order chi connectivity index (χ1) is 13.5. The van der Waals surface area contributed by atoms with E-state index in [0.717, 1.165) is 38.8 Å². The van der Waals surface area contributed by atoms with Crippen molar-refractivity contribution in [2.75, 3.05) is 20.1 Å². The summed E-state index contributed by atoms with van der Waals surface area (Å²) in [6, 6.07) is 7.16. The number of aromatic amines is 1. The summed E-state index contributed by atoms with van der Waals surface area (Å²) in [5, 5.41) is 1.34. The van der Waals surface area contributed by atoms with Crippen molar-refractivity contribution in [2.24, 2.45) is 5.92 Å². The summed E-state index contributed by atoms with van der Waals surface area (Å²) >= 11 is 0. The second-order valence-corrected chi connectivity index (χ2v) is 8.57. The van der Waals surface area contributed by atoms with Crippen LogP contribution in [0, 0.1) is 5.92 Å². The smallest absolute Gasteiger partial charge is 0.231 e. The fourth-order valence-corrected chi connectivity index (χ4v) is 4.91. The molecular formula is C24H33N3O. The summed E-state index contributed by atoms with van der Waals surface area (Å²) < 4.78 is 0. The molecule has 1 N–H and O–H groups in total. The normalized spacial score (nSPS) is 22.6. The molecule has 0 bridgehead atoms. The summed E-state index contributed by atoms with van der Waals surface area (Å²) in [6.45, 7) is 8.23. The van der Waals surface area contributed by atoms with Crippen molar-refractivity contribution in [2.45, 2.75) is 58.5 Å². The Bertz CT molecular complexity index is 896. The Labute approximate surface area is 168 Å². The lowest BCUT2D eigenvalue weighted by Crippen LogP contribution is -2.49. The number of aromatic nitrogens is 1. The lowest BCUT2D eigenvalue weighted by Gasteiger charge is -2.41. The van der Waals surface area contributed by atoms with Gasteiger partial charge in [-0.1, -0.05) is 38.5 Å². The summed E-state index contributed by atoms with van der Waals surface area (Å²) in [5.74, 6) is 0.241. The van der Waals surface area contributed by atoms with Gasteiger partial charge in [0.2, 0.25) is 5.91 Å². The third-order valence-corrected chi connectivity index (χ3v) is 6.74. The van der Waals surface area contributed by atoms with Crippen molar-refractivity contribution in [1.82, 2.24) is 14.8 Å². The lowest BCUT2D eigenvalue weighted by molar-refractivity contribution is -0.137. The molecule has 2 heterocycles. The van der Waals surface area contributed by atoms with Gasteiger partial charge in [0.25, 0.3) is 0 Å². The Morgan fingerprint density at radius 1 is 1.36 bits per heavy atom. The maximum atomic E-state index is 13.5. The van der Waals surface area contributed by atoms with Crippen LogP contribution in [-0.4, -0.2) is 52.9 Å². The van der Waals surface area contributed by atoms with Crippen molar-refractivity contribution in [1.29, 1.82) is 0 Å². The maximum absolute atomic E-state index is 13.5. The van der Waals surface area contributed by atoms with E-state index < -0.39 is 0 Å². The molecule has 0 fully saturated rings. The standard InChI is InChI=1S/C24H33N3O/c1-5-7-11-27(16(3)6-2)24(28)18-12-20-19-9-8-10-21-23(19)17(14-25-21)13-22(20)26(4)15-18/h8-10,12,14,16,18,22,25H,5-7,11,13,15H2,1-4H3.